The first-order valence-electron chi connectivity index (χ1n) is 5.85. The summed E-state index contributed by atoms with van der Waals surface area (Å²) in [6, 6.07) is 0.446. The minimum absolute atomic E-state index is 0.125. The van der Waals surface area contributed by atoms with Gasteiger partial charge in [-0.1, -0.05) is 6.92 Å². The molecule has 0 aromatic rings. The van der Waals surface area contributed by atoms with Gasteiger partial charge in [-0.2, -0.15) is 11.8 Å². The quantitative estimate of drug-likeness (QED) is 0.638. The second-order valence-corrected chi connectivity index (χ2v) is 5.98. The normalized spacial score (nSPS) is 33.2. The van der Waals surface area contributed by atoms with E-state index in [0.717, 1.165) is 12.8 Å². The zero-order valence-electron chi connectivity index (χ0n) is 9.83. The third-order valence-electron chi connectivity index (χ3n) is 3.39. The molecule has 1 heterocycles. The number of nitrogens with one attached hydrogen (secondary N) is 1. The average Bonchev–Trinajstić information content (AvgIpc) is 2.58. The van der Waals surface area contributed by atoms with E-state index in [1.807, 2.05) is 11.8 Å². The Morgan fingerprint density at radius 3 is 2.87 bits per heavy atom. The maximum atomic E-state index is 8.79. The number of aliphatic hydroxyl groups is 1. The molecule has 1 fully saturated rings. The van der Waals surface area contributed by atoms with Crippen molar-refractivity contribution in [1.82, 2.24) is 5.32 Å². The van der Waals surface area contributed by atoms with E-state index in [1.165, 1.54) is 12.2 Å². The van der Waals surface area contributed by atoms with Crippen LogP contribution in [0.5, 0.6) is 0 Å². The summed E-state index contributed by atoms with van der Waals surface area (Å²) < 4.78 is 0. The number of hydrogen-bond donors (Lipinski definition) is 3. The van der Waals surface area contributed by atoms with Crippen molar-refractivity contribution >= 4 is 11.8 Å². The van der Waals surface area contributed by atoms with Gasteiger partial charge in [0.2, 0.25) is 0 Å². The first-order valence-corrected chi connectivity index (χ1v) is 6.90. The Kier molecular flexibility index (Phi) is 5.39. The predicted molar refractivity (Wildman–Crippen MR) is 67.2 cm³/mol. The Morgan fingerprint density at radius 2 is 2.40 bits per heavy atom. The molecule has 0 aliphatic carbocycles. The van der Waals surface area contributed by atoms with Gasteiger partial charge in [-0.3, -0.25) is 0 Å². The van der Waals surface area contributed by atoms with E-state index in [-0.39, 0.29) is 12.1 Å². The molecule has 1 aliphatic heterocycles. The van der Waals surface area contributed by atoms with Crippen LogP contribution in [0.2, 0.25) is 0 Å². The zero-order chi connectivity index (χ0) is 11.3. The summed E-state index contributed by atoms with van der Waals surface area (Å²) >= 11 is 2.00. The number of hydrogen-bond acceptors (Lipinski definition) is 4. The number of nitrogens with two attached hydrogens (primary N) is 1. The van der Waals surface area contributed by atoms with Crippen molar-refractivity contribution in [2.24, 2.45) is 5.73 Å². The summed E-state index contributed by atoms with van der Waals surface area (Å²) in [5, 5.41) is 13.1. The minimum atomic E-state index is 0.125. The lowest BCUT2D eigenvalue weighted by molar-refractivity contribution is 0.253. The van der Waals surface area contributed by atoms with Crippen LogP contribution in [0.15, 0.2) is 0 Å². The Hall–Kier alpha value is 0.230. The van der Waals surface area contributed by atoms with Crippen LogP contribution in [0, 0.1) is 0 Å². The lowest BCUT2D eigenvalue weighted by Gasteiger charge is -2.36. The smallest absolute Gasteiger partial charge is 0.0431 e. The fraction of sp³-hybridized carbons (Fsp3) is 1.00. The van der Waals surface area contributed by atoms with Crippen molar-refractivity contribution in [2.45, 2.75) is 49.9 Å². The van der Waals surface area contributed by atoms with Crippen LogP contribution in [-0.4, -0.2) is 40.8 Å². The number of rotatable bonds is 6. The van der Waals surface area contributed by atoms with Gasteiger partial charge < -0.3 is 16.2 Å². The van der Waals surface area contributed by atoms with Crippen LogP contribution in [-0.2, 0) is 0 Å². The van der Waals surface area contributed by atoms with Crippen LogP contribution >= 0.6 is 11.8 Å². The molecule has 0 spiro atoms. The molecule has 3 atom stereocenters. The van der Waals surface area contributed by atoms with Crippen molar-refractivity contribution in [1.29, 1.82) is 0 Å². The second kappa shape index (κ2) is 6.09. The summed E-state index contributed by atoms with van der Waals surface area (Å²) in [4.78, 5) is 0. The van der Waals surface area contributed by atoms with Gasteiger partial charge in [0.25, 0.3) is 0 Å². The van der Waals surface area contributed by atoms with Crippen LogP contribution in [0.25, 0.3) is 0 Å². The van der Waals surface area contributed by atoms with E-state index in [0.29, 0.717) is 17.8 Å². The molecule has 0 saturated carbocycles. The summed E-state index contributed by atoms with van der Waals surface area (Å²) in [6.07, 6.45) is 3.06. The molecule has 0 amide bonds. The Morgan fingerprint density at radius 1 is 1.67 bits per heavy atom. The van der Waals surface area contributed by atoms with Crippen molar-refractivity contribution in [2.75, 3.05) is 18.9 Å². The second-order valence-electron chi connectivity index (χ2n) is 4.53. The molecule has 1 rings (SSSR count). The highest BCUT2D eigenvalue weighted by molar-refractivity contribution is 8.00. The van der Waals surface area contributed by atoms with Gasteiger partial charge in [-0.25, -0.2) is 0 Å². The monoisotopic (exact) mass is 232 g/mol. The molecule has 3 unspecified atom stereocenters. The van der Waals surface area contributed by atoms with E-state index in [4.69, 9.17) is 10.8 Å². The van der Waals surface area contributed by atoms with E-state index < -0.39 is 0 Å². The van der Waals surface area contributed by atoms with Gasteiger partial charge >= 0.3 is 0 Å². The topological polar surface area (TPSA) is 58.3 Å². The van der Waals surface area contributed by atoms with Crippen LogP contribution < -0.4 is 11.1 Å². The fourth-order valence-electron chi connectivity index (χ4n) is 2.26. The first-order chi connectivity index (χ1) is 7.14. The average molecular weight is 232 g/mol. The molecule has 90 valence electrons. The van der Waals surface area contributed by atoms with Crippen molar-refractivity contribution < 1.29 is 5.11 Å². The Balaban J connectivity index is 2.45. The molecule has 0 aromatic heterocycles. The summed E-state index contributed by atoms with van der Waals surface area (Å²) in [5.74, 6) is 1.21. The van der Waals surface area contributed by atoms with E-state index in [2.05, 4.69) is 19.2 Å². The third kappa shape index (κ3) is 3.34. The summed E-state index contributed by atoms with van der Waals surface area (Å²) in [6.45, 7) is 5.44. The third-order valence-corrected chi connectivity index (χ3v) is 4.78. The Labute approximate surface area is 97.2 Å². The maximum absolute atomic E-state index is 8.79. The number of aliphatic hydroxyl groups excluding tert-OH is 1. The predicted octanol–water partition coefficient (Wildman–Crippen LogP) is 0.960. The van der Waals surface area contributed by atoms with Gasteiger partial charge in [0.1, 0.15) is 0 Å². The highest BCUT2D eigenvalue weighted by Crippen LogP contribution is 2.35. The molecule has 4 heteroatoms. The molecule has 0 aromatic carbocycles. The standard InChI is InChI=1S/C11H24N2OS/c1-9(4-3-6-14)13-11(8-12)5-7-15-10(11)2/h9-10,13-14H,3-8,12H2,1-2H3. The van der Waals surface area contributed by atoms with Crippen LogP contribution in [0.1, 0.15) is 33.1 Å². The molecule has 0 radical (unpaired) electrons. The lowest BCUT2D eigenvalue weighted by Crippen LogP contribution is -2.58. The molecule has 1 aliphatic rings. The summed E-state index contributed by atoms with van der Waals surface area (Å²) in [5.41, 5.74) is 6.04. The van der Waals surface area contributed by atoms with Crippen LogP contribution in [0.3, 0.4) is 0 Å². The van der Waals surface area contributed by atoms with Crippen molar-refractivity contribution in [3.63, 3.8) is 0 Å². The van der Waals surface area contributed by atoms with Gasteiger partial charge in [0, 0.05) is 30.0 Å². The summed E-state index contributed by atoms with van der Waals surface area (Å²) in [7, 11) is 0. The molecular formula is C11H24N2OS. The van der Waals surface area contributed by atoms with Crippen molar-refractivity contribution in [3.05, 3.63) is 0 Å². The van der Waals surface area contributed by atoms with E-state index in [1.54, 1.807) is 0 Å². The van der Waals surface area contributed by atoms with Gasteiger partial charge in [-0.05, 0) is 31.9 Å². The van der Waals surface area contributed by atoms with Crippen LogP contribution in [0.4, 0.5) is 0 Å². The molecule has 3 nitrogen and oxygen atoms in total. The first kappa shape index (κ1) is 13.3. The number of thioether (sulfide) groups is 1. The van der Waals surface area contributed by atoms with E-state index in [9.17, 15) is 0 Å². The minimum Gasteiger partial charge on any atom is -0.396 e. The van der Waals surface area contributed by atoms with E-state index >= 15 is 0 Å². The molecular weight excluding hydrogens is 208 g/mol. The molecule has 4 N–H and O–H groups in total. The SMILES string of the molecule is CC(CCCO)NC1(CN)CCSC1C. The van der Waals surface area contributed by atoms with Crippen molar-refractivity contribution in [3.8, 4) is 0 Å². The fourth-order valence-corrected chi connectivity index (χ4v) is 3.69. The largest absolute Gasteiger partial charge is 0.396 e. The zero-order valence-corrected chi connectivity index (χ0v) is 10.6. The Bertz CT molecular complexity index is 191. The molecule has 0 bridgehead atoms. The highest BCUT2D eigenvalue weighted by atomic mass is 32.2. The maximum Gasteiger partial charge on any atom is 0.0431 e. The van der Waals surface area contributed by atoms with Gasteiger partial charge in [0.05, 0.1) is 0 Å². The lowest BCUT2D eigenvalue weighted by atomic mass is 9.91. The van der Waals surface area contributed by atoms with Gasteiger partial charge in [-0.15, -0.1) is 0 Å². The molecule has 1 saturated heterocycles. The molecule has 15 heavy (non-hydrogen) atoms. The highest BCUT2D eigenvalue weighted by Gasteiger charge is 2.40. The van der Waals surface area contributed by atoms with Gasteiger partial charge in [0.15, 0.2) is 0 Å².